The van der Waals surface area contributed by atoms with Crippen molar-refractivity contribution in [2.24, 2.45) is 0 Å². The molecule has 2 heteroatoms. The SMILES string of the molecule is CCCCC/C=C/COC(C#N)CCCC. The maximum atomic E-state index is 8.83. The predicted molar refractivity (Wildman–Crippen MR) is 68.2 cm³/mol. The summed E-state index contributed by atoms with van der Waals surface area (Å²) in [6.07, 6.45) is 12.0. The second-order valence-corrected chi connectivity index (χ2v) is 4.06. The molecule has 0 aliphatic carbocycles. The van der Waals surface area contributed by atoms with Crippen LogP contribution in [0.15, 0.2) is 12.2 Å². The number of hydrogen-bond donors (Lipinski definition) is 0. The van der Waals surface area contributed by atoms with E-state index >= 15 is 0 Å². The fraction of sp³-hybridized carbons (Fsp3) is 0.786. The molecule has 0 bridgehead atoms. The molecule has 0 saturated heterocycles. The van der Waals surface area contributed by atoms with Crippen LogP contribution in [0.5, 0.6) is 0 Å². The quantitative estimate of drug-likeness (QED) is 0.410. The van der Waals surface area contributed by atoms with Crippen molar-refractivity contribution in [2.45, 2.75) is 64.9 Å². The van der Waals surface area contributed by atoms with Crippen LogP contribution in [0.3, 0.4) is 0 Å². The van der Waals surface area contributed by atoms with Crippen LogP contribution in [0, 0.1) is 11.3 Å². The van der Waals surface area contributed by atoms with E-state index < -0.39 is 0 Å². The minimum atomic E-state index is -0.222. The Morgan fingerprint density at radius 1 is 1.12 bits per heavy atom. The van der Waals surface area contributed by atoms with Crippen molar-refractivity contribution in [2.75, 3.05) is 6.61 Å². The van der Waals surface area contributed by atoms with Crippen molar-refractivity contribution in [1.29, 1.82) is 5.26 Å². The van der Waals surface area contributed by atoms with Crippen LogP contribution < -0.4 is 0 Å². The zero-order valence-electron chi connectivity index (χ0n) is 10.7. The van der Waals surface area contributed by atoms with Crippen molar-refractivity contribution in [1.82, 2.24) is 0 Å². The van der Waals surface area contributed by atoms with Gasteiger partial charge in [-0.05, 0) is 19.3 Å². The zero-order valence-corrected chi connectivity index (χ0v) is 10.7. The van der Waals surface area contributed by atoms with Gasteiger partial charge in [-0.25, -0.2) is 0 Å². The predicted octanol–water partition coefficient (Wildman–Crippen LogP) is 4.22. The first-order valence-corrected chi connectivity index (χ1v) is 6.51. The molecule has 0 aromatic rings. The minimum Gasteiger partial charge on any atom is -0.359 e. The van der Waals surface area contributed by atoms with E-state index in [0.717, 1.165) is 25.7 Å². The molecule has 92 valence electrons. The lowest BCUT2D eigenvalue weighted by Gasteiger charge is -2.07. The summed E-state index contributed by atoms with van der Waals surface area (Å²) < 4.78 is 5.45. The normalized spacial score (nSPS) is 12.8. The third kappa shape index (κ3) is 9.73. The Morgan fingerprint density at radius 3 is 2.50 bits per heavy atom. The van der Waals surface area contributed by atoms with Gasteiger partial charge in [0.15, 0.2) is 0 Å². The highest BCUT2D eigenvalue weighted by Crippen LogP contribution is 2.04. The first kappa shape index (κ1) is 15.2. The van der Waals surface area contributed by atoms with E-state index in [2.05, 4.69) is 26.0 Å². The minimum absolute atomic E-state index is 0.222. The standard InChI is InChI=1S/C14H25NO/c1-3-5-7-8-9-10-12-16-14(13-15)11-6-4-2/h9-10,14H,3-8,11-12H2,1-2H3/b10-9+. The van der Waals surface area contributed by atoms with Gasteiger partial charge in [0.05, 0.1) is 12.7 Å². The van der Waals surface area contributed by atoms with Crippen molar-refractivity contribution in [3.05, 3.63) is 12.2 Å². The topological polar surface area (TPSA) is 33.0 Å². The van der Waals surface area contributed by atoms with Gasteiger partial charge >= 0.3 is 0 Å². The molecular weight excluding hydrogens is 198 g/mol. The van der Waals surface area contributed by atoms with E-state index in [1.165, 1.54) is 19.3 Å². The van der Waals surface area contributed by atoms with Crippen molar-refractivity contribution >= 4 is 0 Å². The van der Waals surface area contributed by atoms with Gasteiger partial charge in [-0.2, -0.15) is 5.26 Å². The highest BCUT2D eigenvalue weighted by Gasteiger charge is 2.04. The van der Waals surface area contributed by atoms with E-state index in [9.17, 15) is 0 Å². The van der Waals surface area contributed by atoms with Crippen LogP contribution in [0.1, 0.15) is 58.8 Å². The smallest absolute Gasteiger partial charge is 0.144 e. The second kappa shape index (κ2) is 12.3. The molecule has 1 unspecified atom stereocenters. The van der Waals surface area contributed by atoms with Gasteiger partial charge in [0.25, 0.3) is 0 Å². The number of hydrogen-bond acceptors (Lipinski definition) is 2. The molecule has 0 aromatic heterocycles. The van der Waals surface area contributed by atoms with E-state index in [1.807, 2.05) is 6.08 Å². The van der Waals surface area contributed by atoms with Crippen molar-refractivity contribution in [3.63, 3.8) is 0 Å². The monoisotopic (exact) mass is 223 g/mol. The van der Waals surface area contributed by atoms with Gasteiger partial charge in [0.1, 0.15) is 6.10 Å². The van der Waals surface area contributed by atoms with Gasteiger partial charge < -0.3 is 4.74 Å². The molecule has 2 nitrogen and oxygen atoms in total. The number of nitrogens with zero attached hydrogens (tertiary/aromatic N) is 1. The largest absolute Gasteiger partial charge is 0.359 e. The third-order valence-electron chi connectivity index (χ3n) is 2.50. The lowest BCUT2D eigenvalue weighted by molar-refractivity contribution is 0.106. The van der Waals surface area contributed by atoms with Gasteiger partial charge in [0, 0.05) is 0 Å². The number of unbranched alkanes of at least 4 members (excludes halogenated alkanes) is 4. The Morgan fingerprint density at radius 2 is 1.88 bits per heavy atom. The maximum Gasteiger partial charge on any atom is 0.144 e. The average molecular weight is 223 g/mol. The van der Waals surface area contributed by atoms with Crippen LogP contribution in [0.25, 0.3) is 0 Å². The molecule has 0 N–H and O–H groups in total. The summed E-state index contributed by atoms with van der Waals surface area (Å²) >= 11 is 0. The van der Waals surface area contributed by atoms with Gasteiger partial charge in [-0.15, -0.1) is 0 Å². The molecular formula is C14H25NO. The van der Waals surface area contributed by atoms with Crippen LogP contribution in [0.2, 0.25) is 0 Å². The van der Waals surface area contributed by atoms with E-state index in [1.54, 1.807) is 0 Å². The van der Waals surface area contributed by atoms with E-state index in [0.29, 0.717) is 6.61 Å². The molecule has 0 aliphatic heterocycles. The molecule has 0 amide bonds. The summed E-state index contributed by atoms with van der Waals surface area (Å²) in [6, 6.07) is 2.19. The lowest BCUT2D eigenvalue weighted by atomic mass is 10.2. The zero-order chi connectivity index (χ0) is 12.1. The number of allylic oxidation sites excluding steroid dienone is 1. The van der Waals surface area contributed by atoms with Crippen LogP contribution in [-0.2, 0) is 4.74 Å². The molecule has 0 aromatic carbocycles. The average Bonchev–Trinajstić information content (AvgIpc) is 2.32. The highest BCUT2D eigenvalue weighted by molar-refractivity contribution is 4.87. The van der Waals surface area contributed by atoms with E-state index in [-0.39, 0.29) is 6.10 Å². The van der Waals surface area contributed by atoms with Crippen molar-refractivity contribution < 1.29 is 4.74 Å². The fourth-order valence-electron chi connectivity index (χ4n) is 1.44. The maximum absolute atomic E-state index is 8.83. The summed E-state index contributed by atoms with van der Waals surface area (Å²) in [5.74, 6) is 0. The molecule has 0 fully saturated rings. The lowest BCUT2D eigenvalue weighted by Crippen LogP contribution is -2.09. The molecule has 0 spiro atoms. The molecule has 0 rings (SSSR count). The molecule has 0 heterocycles. The van der Waals surface area contributed by atoms with Crippen LogP contribution in [-0.4, -0.2) is 12.7 Å². The van der Waals surface area contributed by atoms with Gasteiger partial charge in [0.2, 0.25) is 0 Å². The van der Waals surface area contributed by atoms with Crippen LogP contribution in [0.4, 0.5) is 0 Å². The van der Waals surface area contributed by atoms with Gasteiger partial charge in [-0.1, -0.05) is 51.7 Å². The Balaban J connectivity index is 3.43. The second-order valence-electron chi connectivity index (χ2n) is 4.06. The number of rotatable bonds is 10. The fourth-order valence-corrected chi connectivity index (χ4v) is 1.44. The number of nitriles is 1. The Kier molecular flexibility index (Phi) is 11.6. The summed E-state index contributed by atoms with van der Waals surface area (Å²) in [7, 11) is 0. The summed E-state index contributed by atoms with van der Waals surface area (Å²) in [5.41, 5.74) is 0. The molecule has 16 heavy (non-hydrogen) atoms. The van der Waals surface area contributed by atoms with Crippen LogP contribution >= 0.6 is 0 Å². The molecule has 0 aliphatic rings. The van der Waals surface area contributed by atoms with Crippen molar-refractivity contribution in [3.8, 4) is 6.07 Å². The van der Waals surface area contributed by atoms with E-state index in [4.69, 9.17) is 10.00 Å². The summed E-state index contributed by atoms with van der Waals surface area (Å²) in [4.78, 5) is 0. The molecule has 0 radical (unpaired) electrons. The number of ether oxygens (including phenoxy) is 1. The molecule has 1 atom stereocenters. The summed E-state index contributed by atoms with van der Waals surface area (Å²) in [5, 5.41) is 8.83. The Hall–Kier alpha value is -0.810. The Labute approximate surface area is 100 Å². The molecule has 0 saturated carbocycles. The Bertz CT molecular complexity index is 205. The third-order valence-corrected chi connectivity index (χ3v) is 2.50. The van der Waals surface area contributed by atoms with Gasteiger partial charge in [-0.3, -0.25) is 0 Å². The first-order chi connectivity index (χ1) is 7.85. The first-order valence-electron chi connectivity index (χ1n) is 6.51. The summed E-state index contributed by atoms with van der Waals surface area (Å²) in [6.45, 7) is 4.91. The highest BCUT2D eigenvalue weighted by atomic mass is 16.5.